The second-order valence-electron chi connectivity index (χ2n) is 8.58. The Morgan fingerprint density at radius 3 is 2.61 bits per heavy atom. The second kappa shape index (κ2) is 6.60. The number of amides is 3. The van der Waals surface area contributed by atoms with Gasteiger partial charge in [-0.15, -0.1) is 0 Å². The van der Waals surface area contributed by atoms with Gasteiger partial charge in [0.2, 0.25) is 17.7 Å². The first-order valence-electron chi connectivity index (χ1n) is 10.5. The summed E-state index contributed by atoms with van der Waals surface area (Å²) < 4.78 is 0. The maximum Gasteiger partial charge on any atom is 0.242 e. The number of piperidine rings is 1. The number of carbonyl (C=O) groups excluding carboxylic acids is 3. The highest BCUT2D eigenvalue weighted by molar-refractivity contribution is 5.86. The highest BCUT2D eigenvalue weighted by Gasteiger charge is 2.51. The number of carbonyl (C=O) groups is 3. The van der Waals surface area contributed by atoms with Crippen LogP contribution in [0, 0.1) is 5.92 Å². The number of fused-ring (bicyclic) bond motifs is 2. The number of aromatic nitrogens is 2. The van der Waals surface area contributed by atoms with Crippen LogP contribution in [0.25, 0.3) is 0 Å². The predicted molar refractivity (Wildman–Crippen MR) is 100 cm³/mol. The number of hydrogen-bond acceptors (Lipinski definition) is 4. The van der Waals surface area contributed by atoms with Gasteiger partial charge in [0, 0.05) is 50.6 Å². The molecule has 3 fully saturated rings. The molecular weight excluding hydrogens is 358 g/mol. The topological polar surface area (TPSA) is 89.6 Å². The highest BCUT2D eigenvalue weighted by atomic mass is 16.2. The molecule has 3 amide bonds. The van der Waals surface area contributed by atoms with E-state index in [0.29, 0.717) is 38.9 Å². The number of nitrogens with zero attached hydrogens (tertiary/aromatic N) is 4. The molecule has 0 unspecified atom stereocenters. The van der Waals surface area contributed by atoms with E-state index in [1.807, 2.05) is 4.90 Å². The van der Waals surface area contributed by atoms with E-state index in [9.17, 15) is 14.4 Å². The van der Waals surface area contributed by atoms with Crippen molar-refractivity contribution in [2.75, 3.05) is 32.7 Å². The Morgan fingerprint density at radius 1 is 1.14 bits per heavy atom. The van der Waals surface area contributed by atoms with Crippen LogP contribution in [-0.2, 0) is 26.3 Å². The fraction of sp³-hybridized carbons (Fsp3) is 0.700. The molecule has 28 heavy (non-hydrogen) atoms. The summed E-state index contributed by atoms with van der Waals surface area (Å²) in [6, 6.07) is 0. The van der Waals surface area contributed by atoms with Crippen molar-refractivity contribution in [2.24, 2.45) is 5.92 Å². The van der Waals surface area contributed by atoms with Crippen molar-refractivity contribution in [2.45, 2.75) is 50.5 Å². The SMILES string of the molecule is O=C(CN1CCCC1=O)N1CCC2(CC1)c1nc[nH]c1CCN2C(=O)C1CC1. The molecule has 8 nitrogen and oxygen atoms in total. The number of rotatable bonds is 3. The fourth-order valence-electron chi connectivity index (χ4n) is 5.12. The third-order valence-electron chi connectivity index (χ3n) is 6.89. The highest BCUT2D eigenvalue weighted by Crippen LogP contribution is 2.45. The van der Waals surface area contributed by atoms with Gasteiger partial charge in [-0.3, -0.25) is 14.4 Å². The van der Waals surface area contributed by atoms with Gasteiger partial charge < -0.3 is 19.7 Å². The molecule has 0 radical (unpaired) electrons. The number of nitrogens with one attached hydrogen (secondary N) is 1. The quantitative estimate of drug-likeness (QED) is 0.827. The number of imidazole rings is 1. The number of likely N-dealkylation sites (tertiary alicyclic amines) is 2. The van der Waals surface area contributed by atoms with Crippen LogP contribution < -0.4 is 0 Å². The summed E-state index contributed by atoms with van der Waals surface area (Å²) in [5.74, 6) is 0.536. The maximum atomic E-state index is 13.0. The van der Waals surface area contributed by atoms with E-state index in [4.69, 9.17) is 0 Å². The molecule has 1 aromatic heterocycles. The summed E-state index contributed by atoms with van der Waals surface area (Å²) in [5, 5.41) is 0. The van der Waals surface area contributed by atoms with Crippen molar-refractivity contribution in [1.82, 2.24) is 24.7 Å². The van der Waals surface area contributed by atoms with Crippen molar-refractivity contribution >= 4 is 17.7 Å². The number of aromatic amines is 1. The minimum Gasteiger partial charge on any atom is -0.348 e. The molecule has 1 spiro atoms. The normalized spacial score (nSPS) is 24.0. The van der Waals surface area contributed by atoms with Crippen LogP contribution in [-0.4, -0.2) is 75.1 Å². The van der Waals surface area contributed by atoms with E-state index < -0.39 is 5.54 Å². The summed E-state index contributed by atoms with van der Waals surface area (Å²) in [7, 11) is 0. The van der Waals surface area contributed by atoms with Crippen LogP contribution in [0.5, 0.6) is 0 Å². The van der Waals surface area contributed by atoms with Gasteiger partial charge in [0.05, 0.1) is 24.1 Å². The lowest BCUT2D eigenvalue weighted by molar-refractivity contribution is -0.147. The second-order valence-corrected chi connectivity index (χ2v) is 8.58. The van der Waals surface area contributed by atoms with Crippen LogP contribution in [0.15, 0.2) is 6.33 Å². The lowest BCUT2D eigenvalue weighted by Gasteiger charge is -2.50. The van der Waals surface area contributed by atoms with E-state index in [-0.39, 0.29) is 30.2 Å². The Bertz CT molecular complexity index is 807. The largest absolute Gasteiger partial charge is 0.348 e. The van der Waals surface area contributed by atoms with Gasteiger partial charge in [0.15, 0.2) is 0 Å². The van der Waals surface area contributed by atoms with Crippen LogP contribution in [0.2, 0.25) is 0 Å². The van der Waals surface area contributed by atoms with Gasteiger partial charge >= 0.3 is 0 Å². The minimum absolute atomic E-state index is 0.0169. The molecule has 0 bridgehead atoms. The van der Waals surface area contributed by atoms with Crippen LogP contribution in [0.3, 0.4) is 0 Å². The first kappa shape index (κ1) is 17.7. The average molecular weight is 385 g/mol. The maximum absolute atomic E-state index is 13.0. The van der Waals surface area contributed by atoms with Crippen LogP contribution in [0.1, 0.15) is 49.9 Å². The molecule has 150 valence electrons. The molecule has 0 atom stereocenters. The molecule has 3 aliphatic heterocycles. The van der Waals surface area contributed by atoms with Crippen molar-refractivity contribution in [3.05, 3.63) is 17.7 Å². The Morgan fingerprint density at radius 2 is 1.93 bits per heavy atom. The van der Waals surface area contributed by atoms with Crippen molar-refractivity contribution in [3.63, 3.8) is 0 Å². The Labute approximate surface area is 164 Å². The van der Waals surface area contributed by atoms with Gasteiger partial charge in [-0.05, 0) is 32.1 Å². The van der Waals surface area contributed by atoms with Crippen molar-refractivity contribution in [3.8, 4) is 0 Å². The zero-order valence-corrected chi connectivity index (χ0v) is 16.2. The molecule has 4 heterocycles. The monoisotopic (exact) mass is 385 g/mol. The summed E-state index contributed by atoms with van der Waals surface area (Å²) in [6.07, 6.45) is 7.35. The van der Waals surface area contributed by atoms with E-state index in [0.717, 1.165) is 43.6 Å². The molecule has 5 rings (SSSR count). The van der Waals surface area contributed by atoms with Gasteiger partial charge in [-0.1, -0.05) is 0 Å². The Balaban J connectivity index is 1.33. The molecule has 1 aromatic rings. The van der Waals surface area contributed by atoms with E-state index in [2.05, 4.69) is 14.9 Å². The molecule has 4 aliphatic rings. The molecular formula is C20H27N5O3. The Hall–Kier alpha value is -2.38. The molecule has 1 aliphatic carbocycles. The zero-order valence-electron chi connectivity index (χ0n) is 16.2. The standard InChI is InChI=1S/C20H27N5O3/c26-16-2-1-8-24(16)12-17(27)23-10-6-20(7-11-23)18-15(21-13-22-18)5-9-25(20)19(28)14-3-4-14/h13-14H,1-12H2,(H,21,22). The van der Waals surface area contributed by atoms with Gasteiger partial charge in [0.25, 0.3) is 0 Å². The smallest absolute Gasteiger partial charge is 0.242 e. The molecule has 1 saturated carbocycles. The van der Waals surface area contributed by atoms with Crippen LogP contribution >= 0.6 is 0 Å². The lowest BCUT2D eigenvalue weighted by Crippen LogP contribution is -2.59. The van der Waals surface area contributed by atoms with Gasteiger partial charge in [-0.25, -0.2) is 4.98 Å². The fourth-order valence-corrected chi connectivity index (χ4v) is 5.12. The zero-order chi connectivity index (χ0) is 19.3. The summed E-state index contributed by atoms with van der Waals surface area (Å²) >= 11 is 0. The summed E-state index contributed by atoms with van der Waals surface area (Å²) in [4.78, 5) is 51.0. The summed E-state index contributed by atoms with van der Waals surface area (Å²) in [6.45, 7) is 2.79. The number of hydrogen-bond donors (Lipinski definition) is 1. The van der Waals surface area contributed by atoms with Gasteiger partial charge in [0.1, 0.15) is 0 Å². The first-order chi connectivity index (χ1) is 13.6. The Kier molecular flexibility index (Phi) is 4.17. The van der Waals surface area contributed by atoms with Gasteiger partial charge in [-0.2, -0.15) is 0 Å². The number of H-pyrrole nitrogens is 1. The third-order valence-corrected chi connectivity index (χ3v) is 6.89. The van der Waals surface area contributed by atoms with Crippen molar-refractivity contribution < 1.29 is 14.4 Å². The molecule has 1 N–H and O–H groups in total. The van der Waals surface area contributed by atoms with E-state index >= 15 is 0 Å². The minimum atomic E-state index is -0.395. The van der Waals surface area contributed by atoms with Crippen molar-refractivity contribution in [1.29, 1.82) is 0 Å². The first-order valence-corrected chi connectivity index (χ1v) is 10.5. The van der Waals surface area contributed by atoms with Crippen LogP contribution in [0.4, 0.5) is 0 Å². The molecule has 2 saturated heterocycles. The van der Waals surface area contributed by atoms with E-state index in [1.54, 1.807) is 11.2 Å². The predicted octanol–water partition coefficient (Wildman–Crippen LogP) is 0.645. The summed E-state index contributed by atoms with van der Waals surface area (Å²) in [5.41, 5.74) is 1.73. The van der Waals surface area contributed by atoms with E-state index in [1.165, 1.54) is 0 Å². The lowest BCUT2D eigenvalue weighted by atomic mass is 9.78. The molecule has 8 heteroatoms. The third kappa shape index (κ3) is 2.81. The molecule has 0 aromatic carbocycles. The average Bonchev–Trinajstić information content (AvgIpc) is 3.31.